The number of carboxylic acids is 1. The molecule has 0 aromatic heterocycles. The Hall–Kier alpha value is -0.880. The second kappa shape index (κ2) is 4.10. The van der Waals surface area contributed by atoms with Crippen molar-refractivity contribution in [2.45, 2.75) is 28.9 Å². The lowest BCUT2D eigenvalue weighted by atomic mass is 9.84. The van der Waals surface area contributed by atoms with Gasteiger partial charge in [-0.2, -0.15) is 0 Å². The summed E-state index contributed by atoms with van der Waals surface area (Å²) in [7, 11) is -3.84. The summed E-state index contributed by atoms with van der Waals surface area (Å²) >= 11 is 3.15. The van der Waals surface area contributed by atoms with Gasteiger partial charge in [0.1, 0.15) is 0 Å². The van der Waals surface area contributed by atoms with E-state index >= 15 is 0 Å². The summed E-state index contributed by atoms with van der Waals surface area (Å²) in [4.78, 5) is 11.3. The van der Waals surface area contributed by atoms with Crippen LogP contribution in [-0.2, 0) is 14.6 Å². The van der Waals surface area contributed by atoms with Gasteiger partial charge < -0.3 is 5.11 Å². The maximum Gasteiger partial charge on any atom is 0.325 e. The van der Waals surface area contributed by atoms with Crippen LogP contribution in [0.15, 0.2) is 33.6 Å². The Labute approximate surface area is 108 Å². The number of carboxylic acid groups (broad SMARTS) is 1. The van der Waals surface area contributed by atoms with Crippen LogP contribution in [0.3, 0.4) is 0 Å². The van der Waals surface area contributed by atoms with Gasteiger partial charge in [0, 0.05) is 4.47 Å². The Morgan fingerprint density at radius 2 is 1.88 bits per heavy atom. The summed E-state index contributed by atoms with van der Waals surface area (Å²) in [5.41, 5.74) is 0. The van der Waals surface area contributed by atoms with E-state index in [1.165, 1.54) is 6.07 Å². The van der Waals surface area contributed by atoms with Gasteiger partial charge in [0.25, 0.3) is 0 Å². The monoisotopic (exact) mass is 318 g/mol. The van der Waals surface area contributed by atoms with E-state index in [4.69, 9.17) is 0 Å². The van der Waals surface area contributed by atoms with Crippen molar-refractivity contribution in [1.82, 2.24) is 0 Å². The third kappa shape index (κ3) is 1.70. The van der Waals surface area contributed by atoms with Crippen molar-refractivity contribution in [2.24, 2.45) is 0 Å². The molecule has 1 aliphatic carbocycles. The standard InChI is InChI=1S/C11H11BrO4S/c12-8-4-1-2-5-9(8)17(15,16)11(10(13)14)6-3-7-11/h1-2,4-5H,3,6-7H2,(H,13,14). The van der Waals surface area contributed by atoms with Crippen LogP contribution in [0.4, 0.5) is 0 Å². The van der Waals surface area contributed by atoms with Gasteiger partial charge in [-0.1, -0.05) is 12.1 Å². The molecule has 0 radical (unpaired) electrons. The van der Waals surface area contributed by atoms with Gasteiger partial charge in [0.2, 0.25) is 0 Å². The van der Waals surface area contributed by atoms with E-state index in [9.17, 15) is 18.3 Å². The van der Waals surface area contributed by atoms with Crippen LogP contribution >= 0.6 is 15.9 Å². The second-order valence-electron chi connectivity index (χ2n) is 4.09. The zero-order chi connectivity index (χ0) is 12.7. The number of sulfone groups is 1. The van der Waals surface area contributed by atoms with Gasteiger partial charge in [-0.25, -0.2) is 8.42 Å². The molecule has 1 saturated carbocycles. The average Bonchev–Trinajstić information content (AvgIpc) is 2.14. The minimum Gasteiger partial charge on any atom is -0.480 e. The molecule has 0 saturated heterocycles. The zero-order valence-corrected chi connectivity index (χ0v) is 11.3. The lowest BCUT2D eigenvalue weighted by Crippen LogP contribution is -2.52. The molecule has 0 spiro atoms. The fraction of sp³-hybridized carbons (Fsp3) is 0.364. The van der Waals surface area contributed by atoms with Crippen LogP contribution in [0.5, 0.6) is 0 Å². The van der Waals surface area contributed by atoms with E-state index in [1.807, 2.05) is 0 Å². The highest BCUT2D eigenvalue weighted by atomic mass is 79.9. The lowest BCUT2D eigenvalue weighted by Gasteiger charge is -2.36. The largest absolute Gasteiger partial charge is 0.480 e. The molecular weight excluding hydrogens is 308 g/mol. The Balaban J connectivity index is 2.58. The number of benzene rings is 1. The number of halogens is 1. The van der Waals surface area contributed by atoms with Crippen molar-refractivity contribution in [3.8, 4) is 0 Å². The smallest absolute Gasteiger partial charge is 0.325 e. The van der Waals surface area contributed by atoms with Crippen molar-refractivity contribution in [2.75, 3.05) is 0 Å². The van der Waals surface area contributed by atoms with Crippen LogP contribution in [0.25, 0.3) is 0 Å². The molecule has 4 nitrogen and oxygen atoms in total. The van der Waals surface area contributed by atoms with Crippen LogP contribution in [0.2, 0.25) is 0 Å². The molecule has 1 N–H and O–H groups in total. The summed E-state index contributed by atoms with van der Waals surface area (Å²) in [6.45, 7) is 0. The Bertz CT molecular complexity index is 561. The molecule has 2 rings (SSSR count). The van der Waals surface area contributed by atoms with E-state index in [0.29, 0.717) is 10.9 Å². The molecule has 1 aromatic carbocycles. The molecule has 0 heterocycles. The first-order valence-electron chi connectivity index (χ1n) is 5.14. The lowest BCUT2D eigenvalue weighted by molar-refractivity contribution is -0.142. The Morgan fingerprint density at radius 1 is 1.29 bits per heavy atom. The first kappa shape index (κ1) is 12.6. The molecule has 0 amide bonds. The van der Waals surface area contributed by atoms with Gasteiger partial charge in [0.15, 0.2) is 14.6 Å². The average molecular weight is 319 g/mol. The maximum atomic E-state index is 12.4. The van der Waals surface area contributed by atoms with Crippen LogP contribution in [0, 0.1) is 0 Å². The number of aliphatic carboxylic acids is 1. The number of hydrogen-bond acceptors (Lipinski definition) is 3. The van der Waals surface area contributed by atoms with E-state index in [0.717, 1.165) is 0 Å². The van der Waals surface area contributed by atoms with Gasteiger partial charge in [-0.15, -0.1) is 0 Å². The molecule has 1 aromatic rings. The summed E-state index contributed by atoms with van der Waals surface area (Å²) in [6, 6.07) is 6.31. The topological polar surface area (TPSA) is 71.4 Å². The summed E-state index contributed by atoms with van der Waals surface area (Å²) in [5, 5.41) is 9.18. The molecule has 0 aliphatic heterocycles. The molecule has 1 aliphatic rings. The van der Waals surface area contributed by atoms with Gasteiger partial charge >= 0.3 is 5.97 Å². The molecule has 6 heteroatoms. The minimum atomic E-state index is -3.84. The fourth-order valence-electron chi connectivity index (χ4n) is 1.97. The molecule has 0 unspecified atom stereocenters. The van der Waals surface area contributed by atoms with Crippen molar-refractivity contribution in [1.29, 1.82) is 0 Å². The highest BCUT2D eigenvalue weighted by Gasteiger charge is 2.56. The number of rotatable bonds is 3. The number of hydrogen-bond donors (Lipinski definition) is 1. The zero-order valence-electron chi connectivity index (χ0n) is 8.89. The first-order chi connectivity index (χ1) is 7.92. The van der Waals surface area contributed by atoms with Crippen molar-refractivity contribution >= 4 is 31.7 Å². The third-order valence-corrected chi connectivity index (χ3v) is 6.69. The highest BCUT2D eigenvalue weighted by Crippen LogP contribution is 2.44. The van der Waals surface area contributed by atoms with Crippen LogP contribution in [-0.4, -0.2) is 24.2 Å². The first-order valence-corrected chi connectivity index (χ1v) is 7.42. The third-order valence-electron chi connectivity index (χ3n) is 3.19. The van der Waals surface area contributed by atoms with Crippen LogP contribution < -0.4 is 0 Å². The minimum absolute atomic E-state index is 0.0575. The highest BCUT2D eigenvalue weighted by molar-refractivity contribution is 9.10. The van der Waals surface area contributed by atoms with Gasteiger partial charge in [0.05, 0.1) is 4.90 Å². The Kier molecular flexibility index (Phi) is 3.03. The van der Waals surface area contributed by atoms with Crippen LogP contribution in [0.1, 0.15) is 19.3 Å². The van der Waals surface area contributed by atoms with Crippen molar-refractivity contribution in [3.63, 3.8) is 0 Å². The van der Waals surface area contributed by atoms with E-state index in [1.54, 1.807) is 18.2 Å². The summed E-state index contributed by atoms with van der Waals surface area (Å²) < 4.78 is 23.6. The SMILES string of the molecule is O=C(O)C1(S(=O)(=O)c2ccccc2Br)CCC1. The van der Waals surface area contributed by atoms with E-state index in [-0.39, 0.29) is 17.7 Å². The predicted octanol–water partition coefficient (Wildman–Crippen LogP) is 2.23. The fourth-order valence-corrected chi connectivity index (χ4v) is 4.95. The Morgan fingerprint density at radius 3 is 2.29 bits per heavy atom. The predicted molar refractivity (Wildman–Crippen MR) is 65.5 cm³/mol. The maximum absolute atomic E-state index is 12.4. The summed E-state index contributed by atoms with van der Waals surface area (Å²) in [6.07, 6.45) is 1.01. The molecule has 92 valence electrons. The number of carbonyl (C=O) groups is 1. The van der Waals surface area contributed by atoms with Gasteiger partial charge in [-0.05, 0) is 47.3 Å². The van der Waals surface area contributed by atoms with E-state index in [2.05, 4.69) is 15.9 Å². The molecule has 0 bridgehead atoms. The van der Waals surface area contributed by atoms with Crippen molar-refractivity contribution in [3.05, 3.63) is 28.7 Å². The van der Waals surface area contributed by atoms with Crippen molar-refractivity contribution < 1.29 is 18.3 Å². The molecular formula is C11H11BrO4S. The molecule has 1 fully saturated rings. The van der Waals surface area contributed by atoms with Gasteiger partial charge in [-0.3, -0.25) is 4.79 Å². The second-order valence-corrected chi connectivity index (χ2v) is 7.17. The normalized spacial score (nSPS) is 18.4. The van der Waals surface area contributed by atoms with E-state index < -0.39 is 20.6 Å². The quantitative estimate of drug-likeness (QED) is 0.927. The molecule has 17 heavy (non-hydrogen) atoms. The molecule has 0 atom stereocenters. The summed E-state index contributed by atoms with van der Waals surface area (Å²) in [5.74, 6) is -1.25.